The van der Waals surface area contributed by atoms with Crippen molar-refractivity contribution in [3.63, 3.8) is 0 Å². The van der Waals surface area contributed by atoms with E-state index < -0.39 is 0 Å². The molecule has 0 atom stereocenters. The summed E-state index contributed by atoms with van der Waals surface area (Å²) >= 11 is 9.38. The van der Waals surface area contributed by atoms with Crippen LogP contribution in [-0.2, 0) is 0 Å². The molecule has 0 N–H and O–H groups in total. The molecule has 0 saturated carbocycles. The molecule has 0 unspecified atom stereocenters. The summed E-state index contributed by atoms with van der Waals surface area (Å²) in [5.74, 6) is 1.54. The Morgan fingerprint density at radius 2 is 1.95 bits per heavy atom. The second kappa shape index (κ2) is 6.27. The number of carbonyl (C=O) groups is 1. The van der Waals surface area contributed by atoms with Gasteiger partial charge in [-0.3, -0.25) is 4.79 Å². The van der Waals surface area contributed by atoms with Crippen molar-refractivity contribution in [1.29, 1.82) is 0 Å². The average molecular weight is 345 g/mol. The fourth-order valence-corrected chi connectivity index (χ4v) is 3.49. The highest BCUT2D eigenvalue weighted by Crippen LogP contribution is 2.26. The van der Waals surface area contributed by atoms with Crippen LogP contribution in [0.3, 0.4) is 0 Å². The van der Waals surface area contributed by atoms with E-state index >= 15 is 0 Å². The molecular weight excluding hydrogens is 326 g/mol. The quantitative estimate of drug-likeness (QED) is 0.767. The van der Waals surface area contributed by atoms with Crippen LogP contribution in [0.4, 0.5) is 0 Å². The summed E-state index contributed by atoms with van der Waals surface area (Å²) in [6.45, 7) is 6.23. The molecule has 104 valence electrons. The van der Waals surface area contributed by atoms with E-state index in [1.807, 2.05) is 11.0 Å². The van der Waals surface area contributed by atoms with Crippen LogP contribution in [-0.4, -0.2) is 23.9 Å². The van der Waals surface area contributed by atoms with Crippen LogP contribution < -0.4 is 0 Å². The van der Waals surface area contributed by atoms with Crippen LogP contribution in [0.25, 0.3) is 0 Å². The molecule has 0 radical (unpaired) electrons. The number of rotatable bonds is 2. The molecule has 2 rings (SSSR count). The lowest BCUT2D eigenvalue weighted by molar-refractivity contribution is 0.0667. The molecule has 2 nitrogen and oxygen atoms in total. The molecule has 0 spiro atoms. The summed E-state index contributed by atoms with van der Waals surface area (Å²) < 4.78 is 0.848. The molecule has 1 aromatic carbocycles. The number of hydrogen-bond acceptors (Lipinski definition) is 1. The number of nitrogens with zero attached hydrogens (tertiary/aromatic N) is 1. The first kappa shape index (κ1) is 14.9. The van der Waals surface area contributed by atoms with Crippen molar-refractivity contribution in [3.8, 4) is 0 Å². The van der Waals surface area contributed by atoms with E-state index in [4.69, 9.17) is 11.6 Å². The Morgan fingerprint density at radius 1 is 1.32 bits per heavy atom. The molecule has 4 heteroatoms. The van der Waals surface area contributed by atoms with E-state index in [9.17, 15) is 4.79 Å². The van der Waals surface area contributed by atoms with E-state index in [-0.39, 0.29) is 5.91 Å². The van der Waals surface area contributed by atoms with Crippen LogP contribution >= 0.6 is 27.5 Å². The van der Waals surface area contributed by atoms with Crippen molar-refractivity contribution < 1.29 is 4.79 Å². The van der Waals surface area contributed by atoms with Gasteiger partial charge in [0.25, 0.3) is 5.91 Å². The summed E-state index contributed by atoms with van der Waals surface area (Å²) in [5, 5.41) is 0.592. The Labute approximate surface area is 128 Å². The summed E-state index contributed by atoms with van der Waals surface area (Å²) in [5.41, 5.74) is 0.669. The SMILES string of the molecule is CC(C)C1CCN(C(=O)c2cc(Cl)cc(Br)c2)CC1. The first-order valence-corrected chi connectivity index (χ1v) is 7.90. The molecule has 1 aliphatic rings. The summed E-state index contributed by atoms with van der Waals surface area (Å²) in [6, 6.07) is 5.37. The first-order valence-electron chi connectivity index (χ1n) is 6.72. The minimum Gasteiger partial charge on any atom is -0.339 e. The standard InChI is InChI=1S/C15H19BrClNO/c1-10(2)11-3-5-18(6-4-11)15(19)12-7-13(16)9-14(17)8-12/h7-11H,3-6H2,1-2H3. The molecule has 19 heavy (non-hydrogen) atoms. The van der Waals surface area contributed by atoms with Crippen molar-refractivity contribution >= 4 is 33.4 Å². The zero-order valence-corrected chi connectivity index (χ0v) is 13.7. The maximum Gasteiger partial charge on any atom is 0.253 e. The maximum atomic E-state index is 12.4. The summed E-state index contributed by atoms with van der Waals surface area (Å²) in [6.07, 6.45) is 2.20. The van der Waals surface area contributed by atoms with Crippen molar-refractivity contribution in [2.24, 2.45) is 11.8 Å². The molecular formula is C15H19BrClNO. The van der Waals surface area contributed by atoms with Gasteiger partial charge in [0.1, 0.15) is 0 Å². The summed E-state index contributed by atoms with van der Waals surface area (Å²) in [7, 11) is 0. The third-order valence-corrected chi connectivity index (χ3v) is 4.56. The monoisotopic (exact) mass is 343 g/mol. The van der Waals surface area contributed by atoms with Gasteiger partial charge in [0, 0.05) is 28.1 Å². The normalized spacial score (nSPS) is 17.0. The van der Waals surface area contributed by atoms with E-state index in [0.29, 0.717) is 16.5 Å². The molecule has 0 bridgehead atoms. The van der Waals surface area contributed by atoms with Crippen LogP contribution in [0.2, 0.25) is 5.02 Å². The number of benzene rings is 1. The van der Waals surface area contributed by atoms with Gasteiger partial charge < -0.3 is 4.90 Å². The van der Waals surface area contributed by atoms with Gasteiger partial charge in [0.15, 0.2) is 0 Å². The molecule has 1 amide bonds. The topological polar surface area (TPSA) is 20.3 Å². The third kappa shape index (κ3) is 3.73. The second-order valence-corrected chi connectivity index (χ2v) is 6.88. The van der Waals surface area contributed by atoms with Crippen molar-refractivity contribution in [2.75, 3.05) is 13.1 Å². The van der Waals surface area contributed by atoms with Gasteiger partial charge in [-0.15, -0.1) is 0 Å². The van der Waals surface area contributed by atoms with Crippen molar-refractivity contribution in [3.05, 3.63) is 33.3 Å². The van der Waals surface area contributed by atoms with Crippen LogP contribution in [0.1, 0.15) is 37.0 Å². The van der Waals surface area contributed by atoms with Gasteiger partial charge in [-0.05, 0) is 42.9 Å². The highest BCUT2D eigenvalue weighted by atomic mass is 79.9. The van der Waals surface area contributed by atoms with Crippen LogP contribution in [0.15, 0.2) is 22.7 Å². The smallest absolute Gasteiger partial charge is 0.253 e. The molecule has 1 aliphatic heterocycles. The highest BCUT2D eigenvalue weighted by Gasteiger charge is 2.25. The second-order valence-electron chi connectivity index (χ2n) is 5.53. The predicted octanol–water partition coefficient (Wildman–Crippen LogP) is 4.61. The Kier molecular flexibility index (Phi) is 4.91. The minimum absolute atomic E-state index is 0.0883. The lowest BCUT2D eigenvalue weighted by Crippen LogP contribution is -2.39. The van der Waals surface area contributed by atoms with E-state index in [1.54, 1.807) is 12.1 Å². The average Bonchev–Trinajstić information content (AvgIpc) is 2.37. The maximum absolute atomic E-state index is 12.4. The van der Waals surface area contributed by atoms with Gasteiger partial charge in [0.05, 0.1) is 0 Å². The Morgan fingerprint density at radius 3 is 2.47 bits per heavy atom. The molecule has 1 saturated heterocycles. The molecule has 0 aromatic heterocycles. The molecule has 0 aliphatic carbocycles. The number of halogens is 2. The van der Waals surface area contributed by atoms with Crippen molar-refractivity contribution in [2.45, 2.75) is 26.7 Å². The van der Waals surface area contributed by atoms with E-state index in [1.165, 1.54) is 0 Å². The molecule has 1 fully saturated rings. The Balaban J connectivity index is 2.05. The van der Waals surface area contributed by atoms with E-state index in [2.05, 4.69) is 29.8 Å². The number of piperidine rings is 1. The number of likely N-dealkylation sites (tertiary alicyclic amines) is 1. The van der Waals surface area contributed by atoms with Gasteiger partial charge in [-0.25, -0.2) is 0 Å². The fourth-order valence-electron chi connectivity index (χ4n) is 2.63. The largest absolute Gasteiger partial charge is 0.339 e. The number of amides is 1. The predicted molar refractivity (Wildman–Crippen MR) is 82.6 cm³/mol. The molecule has 1 aromatic rings. The summed E-state index contributed by atoms with van der Waals surface area (Å²) in [4.78, 5) is 14.4. The fraction of sp³-hybridized carbons (Fsp3) is 0.533. The highest BCUT2D eigenvalue weighted by molar-refractivity contribution is 9.10. The van der Waals surface area contributed by atoms with Crippen molar-refractivity contribution in [1.82, 2.24) is 4.90 Å². The van der Waals surface area contributed by atoms with Gasteiger partial charge in [-0.2, -0.15) is 0 Å². The van der Waals surface area contributed by atoms with Gasteiger partial charge in [-0.1, -0.05) is 41.4 Å². The zero-order chi connectivity index (χ0) is 14.0. The van der Waals surface area contributed by atoms with E-state index in [0.717, 1.165) is 36.3 Å². The zero-order valence-electron chi connectivity index (χ0n) is 11.3. The number of carbonyl (C=O) groups excluding carboxylic acids is 1. The Hall–Kier alpha value is -0.540. The number of hydrogen-bond donors (Lipinski definition) is 0. The lowest BCUT2D eigenvalue weighted by Gasteiger charge is -2.34. The van der Waals surface area contributed by atoms with Crippen LogP contribution in [0, 0.1) is 11.8 Å². The van der Waals surface area contributed by atoms with Crippen LogP contribution in [0.5, 0.6) is 0 Å². The molecule has 1 heterocycles. The van der Waals surface area contributed by atoms with Gasteiger partial charge in [0.2, 0.25) is 0 Å². The Bertz CT molecular complexity index is 447. The lowest BCUT2D eigenvalue weighted by atomic mass is 9.86. The third-order valence-electron chi connectivity index (χ3n) is 3.88. The first-order chi connectivity index (χ1) is 8.97. The minimum atomic E-state index is 0.0883. The van der Waals surface area contributed by atoms with Gasteiger partial charge >= 0.3 is 0 Å².